The van der Waals surface area contributed by atoms with Crippen molar-refractivity contribution in [1.29, 1.82) is 0 Å². The molecule has 0 radical (unpaired) electrons. The molecule has 1 heterocycles. The molecule has 0 aliphatic heterocycles. The number of likely N-dealkylation sites (N-methyl/N-ethyl adjacent to an activating group) is 1. The number of nitrogens with two attached hydrogens (primary N) is 1. The number of amides is 1. The highest BCUT2D eigenvalue weighted by atomic mass is 35.5. The van der Waals surface area contributed by atoms with Crippen molar-refractivity contribution in [3.63, 3.8) is 0 Å². The van der Waals surface area contributed by atoms with Crippen molar-refractivity contribution in [2.45, 2.75) is 38.8 Å². The first kappa shape index (κ1) is 17.9. The monoisotopic (exact) mass is 351 g/mol. The van der Waals surface area contributed by atoms with E-state index in [0.29, 0.717) is 23.9 Å². The second-order valence-corrected chi connectivity index (χ2v) is 7.29. The van der Waals surface area contributed by atoms with Crippen LogP contribution in [0, 0.1) is 0 Å². The second-order valence-electron chi connectivity index (χ2n) is 5.96. The molecule has 0 aliphatic carbocycles. The number of aromatic nitrogens is 1. The molecular weight excluding hydrogens is 330 g/mol. The van der Waals surface area contributed by atoms with E-state index in [1.807, 2.05) is 17.5 Å². The first-order valence-electron chi connectivity index (χ1n) is 7.56. The van der Waals surface area contributed by atoms with E-state index in [2.05, 4.69) is 18.8 Å². The third kappa shape index (κ3) is 5.03. The summed E-state index contributed by atoms with van der Waals surface area (Å²) < 4.78 is 0. The van der Waals surface area contributed by atoms with Crippen LogP contribution in [0.2, 0.25) is 5.02 Å². The second kappa shape index (κ2) is 7.90. The molecule has 0 saturated carbocycles. The van der Waals surface area contributed by atoms with Crippen molar-refractivity contribution in [2.24, 2.45) is 5.73 Å². The predicted molar refractivity (Wildman–Crippen MR) is 95.8 cm³/mol. The Balaban J connectivity index is 1.93. The fraction of sp³-hybridized carbons (Fsp3) is 0.412. The lowest BCUT2D eigenvalue weighted by Crippen LogP contribution is -2.42. The zero-order valence-electron chi connectivity index (χ0n) is 13.6. The van der Waals surface area contributed by atoms with Crippen molar-refractivity contribution < 1.29 is 4.79 Å². The molecule has 2 rings (SSSR count). The average molecular weight is 352 g/mol. The Kier molecular flexibility index (Phi) is 6.16. The van der Waals surface area contributed by atoms with Crippen LogP contribution >= 0.6 is 22.9 Å². The normalized spacial score (nSPS) is 12.4. The van der Waals surface area contributed by atoms with E-state index >= 15 is 0 Å². The molecule has 0 aliphatic rings. The summed E-state index contributed by atoms with van der Waals surface area (Å²) in [7, 11) is 1.76. The lowest BCUT2D eigenvalue weighted by atomic mass is 10.1. The van der Waals surface area contributed by atoms with E-state index in [1.54, 1.807) is 35.4 Å². The third-order valence-corrected chi connectivity index (χ3v) is 4.97. The van der Waals surface area contributed by atoms with Crippen LogP contribution < -0.4 is 5.73 Å². The molecule has 2 aromatic rings. The molecule has 0 bridgehead atoms. The molecule has 6 heteroatoms. The van der Waals surface area contributed by atoms with Gasteiger partial charge in [-0.3, -0.25) is 4.79 Å². The number of nitrogens with zero attached hydrogens (tertiary/aromatic N) is 2. The zero-order chi connectivity index (χ0) is 17.0. The van der Waals surface area contributed by atoms with E-state index in [4.69, 9.17) is 17.3 Å². The Labute approximate surface area is 146 Å². The van der Waals surface area contributed by atoms with Crippen LogP contribution in [-0.2, 0) is 17.8 Å². The number of carbonyl (C=O) groups excluding carboxylic acids is 1. The topological polar surface area (TPSA) is 59.2 Å². The van der Waals surface area contributed by atoms with Crippen molar-refractivity contribution >= 4 is 28.8 Å². The zero-order valence-corrected chi connectivity index (χ0v) is 15.2. The summed E-state index contributed by atoms with van der Waals surface area (Å²) in [5, 5.41) is 3.77. The minimum atomic E-state index is -0.565. The van der Waals surface area contributed by atoms with E-state index in [0.717, 1.165) is 16.3 Å². The number of halogens is 1. The molecule has 0 unspecified atom stereocenters. The molecule has 1 amide bonds. The number of benzene rings is 1. The molecule has 1 aromatic heterocycles. The summed E-state index contributed by atoms with van der Waals surface area (Å²) in [6, 6.07) is 6.83. The van der Waals surface area contributed by atoms with Crippen LogP contribution in [0.4, 0.5) is 0 Å². The summed E-state index contributed by atoms with van der Waals surface area (Å²) in [4.78, 5) is 18.6. The standard InChI is InChI=1S/C17H22ClN3OS/c1-11(2)16-20-14(10-23-16)9-21(3)17(22)15(19)8-12-4-6-13(18)7-5-12/h4-7,10-11,15H,8-9,19H2,1-3H3/t15-/m1/s1. The lowest BCUT2D eigenvalue weighted by molar-refractivity contribution is -0.131. The van der Waals surface area contributed by atoms with E-state index < -0.39 is 6.04 Å². The first-order chi connectivity index (χ1) is 10.9. The smallest absolute Gasteiger partial charge is 0.239 e. The van der Waals surface area contributed by atoms with Gasteiger partial charge < -0.3 is 10.6 Å². The highest BCUT2D eigenvalue weighted by Crippen LogP contribution is 2.20. The van der Waals surface area contributed by atoms with Gasteiger partial charge in [-0.15, -0.1) is 11.3 Å². The average Bonchev–Trinajstić information content (AvgIpc) is 2.97. The van der Waals surface area contributed by atoms with Crippen molar-refractivity contribution in [1.82, 2.24) is 9.88 Å². The van der Waals surface area contributed by atoms with Gasteiger partial charge in [0.1, 0.15) is 0 Å². The van der Waals surface area contributed by atoms with E-state index in [-0.39, 0.29) is 5.91 Å². The van der Waals surface area contributed by atoms with Gasteiger partial charge in [0.05, 0.1) is 23.3 Å². The van der Waals surface area contributed by atoms with Gasteiger partial charge in [-0.25, -0.2) is 4.98 Å². The summed E-state index contributed by atoms with van der Waals surface area (Å²) in [6.07, 6.45) is 0.495. The Bertz CT molecular complexity index is 654. The third-order valence-electron chi connectivity index (χ3n) is 3.52. The number of hydrogen-bond acceptors (Lipinski definition) is 4. The van der Waals surface area contributed by atoms with Crippen LogP contribution in [0.3, 0.4) is 0 Å². The molecule has 23 heavy (non-hydrogen) atoms. The van der Waals surface area contributed by atoms with Gasteiger partial charge in [-0.1, -0.05) is 37.6 Å². The van der Waals surface area contributed by atoms with Crippen molar-refractivity contribution in [3.05, 3.63) is 50.9 Å². The SMILES string of the molecule is CC(C)c1nc(CN(C)C(=O)[C@H](N)Cc2ccc(Cl)cc2)cs1. The lowest BCUT2D eigenvalue weighted by Gasteiger charge is -2.20. The molecule has 0 fully saturated rings. The maximum atomic E-state index is 12.4. The van der Waals surface area contributed by atoms with Gasteiger partial charge in [0.15, 0.2) is 0 Å². The van der Waals surface area contributed by atoms with Gasteiger partial charge in [-0.2, -0.15) is 0 Å². The fourth-order valence-corrected chi connectivity index (χ4v) is 3.18. The van der Waals surface area contributed by atoms with E-state index in [9.17, 15) is 4.79 Å². The van der Waals surface area contributed by atoms with Crippen LogP contribution in [0.5, 0.6) is 0 Å². The largest absolute Gasteiger partial charge is 0.338 e. The summed E-state index contributed by atoms with van der Waals surface area (Å²) >= 11 is 7.49. The van der Waals surface area contributed by atoms with Crippen LogP contribution in [0.25, 0.3) is 0 Å². The van der Waals surface area contributed by atoms with Gasteiger partial charge >= 0.3 is 0 Å². The molecule has 124 valence electrons. The van der Waals surface area contributed by atoms with Crippen molar-refractivity contribution in [3.8, 4) is 0 Å². The quantitative estimate of drug-likeness (QED) is 0.867. The predicted octanol–water partition coefficient (Wildman–Crippen LogP) is 3.45. The maximum absolute atomic E-state index is 12.4. The molecular formula is C17H22ClN3OS. The molecule has 2 N–H and O–H groups in total. The Morgan fingerprint density at radius 1 is 1.35 bits per heavy atom. The minimum Gasteiger partial charge on any atom is -0.338 e. The summed E-state index contributed by atoms with van der Waals surface area (Å²) in [5.74, 6) is 0.320. The highest BCUT2D eigenvalue weighted by molar-refractivity contribution is 7.09. The number of hydrogen-bond donors (Lipinski definition) is 1. The minimum absolute atomic E-state index is 0.0842. The summed E-state index contributed by atoms with van der Waals surface area (Å²) in [5.41, 5.74) is 7.96. The van der Waals surface area contributed by atoms with Crippen LogP contribution in [0.1, 0.15) is 36.0 Å². The van der Waals surface area contributed by atoms with Crippen LogP contribution in [0.15, 0.2) is 29.6 Å². The molecule has 4 nitrogen and oxygen atoms in total. The van der Waals surface area contributed by atoms with Gasteiger partial charge in [0.25, 0.3) is 0 Å². The molecule has 1 aromatic carbocycles. The number of rotatable bonds is 6. The first-order valence-corrected chi connectivity index (χ1v) is 8.82. The van der Waals surface area contributed by atoms with E-state index in [1.165, 1.54) is 0 Å². The van der Waals surface area contributed by atoms with Crippen molar-refractivity contribution in [2.75, 3.05) is 7.05 Å². The Morgan fingerprint density at radius 2 is 2.00 bits per heavy atom. The van der Waals surface area contributed by atoms with Crippen LogP contribution in [-0.4, -0.2) is 28.9 Å². The van der Waals surface area contributed by atoms with Gasteiger partial charge in [0, 0.05) is 23.4 Å². The van der Waals surface area contributed by atoms with Gasteiger partial charge in [-0.05, 0) is 24.1 Å². The molecule has 0 saturated heterocycles. The number of carbonyl (C=O) groups is 1. The van der Waals surface area contributed by atoms with Gasteiger partial charge in [0.2, 0.25) is 5.91 Å². The fourth-order valence-electron chi connectivity index (χ4n) is 2.23. The molecule has 0 spiro atoms. The maximum Gasteiger partial charge on any atom is 0.239 e. The molecule has 1 atom stereocenters. The summed E-state index contributed by atoms with van der Waals surface area (Å²) in [6.45, 7) is 4.70. The number of thiazole rings is 1. The highest BCUT2D eigenvalue weighted by Gasteiger charge is 2.19. The Hall–Kier alpha value is -1.43. The Morgan fingerprint density at radius 3 is 2.57 bits per heavy atom.